The number of nitrogens with zero attached hydrogens (tertiary/aromatic N) is 4. The maximum absolute atomic E-state index is 12.0. The first kappa shape index (κ1) is 15.9. The number of rotatable bonds is 6. The van der Waals surface area contributed by atoms with Crippen LogP contribution < -0.4 is 4.72 Å². The Hall–Kier alpha value is -3.00. The van der Waals surface area contributed by atoms with Gasteiger partial charge in [0.15, 0.2) is 0 Å². The van der Waals surface area contributed by atoms with Crippen molar-refractivity contribution in [1.82, 2.24) is 19.7 Å². The van der Waals surface area contributed by atoms with E-state index >= 15 is 0 Å². The summed E-state index contributed by atoms with van der Waals surface area (Å²) in [7, 11) is -3.68. The Kier molecular flexibility index (Phi) is 4.66. The second-order valence-electron chi connectivity index (χ2n) is 4.95. The van der Waals surface area contributed by atoms with E-state index in [1.54, 1.807) is 6.20 Å². The molecular formula is C16H15N5O2S. The molecule has 0 saturated carbocycles. The van der Waals surface area contributed by atoms with Gasteiger partial charge < -0.3 is 0 Å². The van der Waals surface area contributed by atoms with E-state index in [-0.39, 0.29) is 5.95 Å². The van der Waals surface area contributed by atoms with E-state index in [0.29, 0.717) is 6.54 Å². The van der Waals surface area contributed by atoms with Crippen LogP contribution in [0.1, 0.15) is 11.3 Å². The van der Waals surface area contributed by atoms with E-state index in [4.69, 9.17) is 0 Å². The molecule has 0 spiro atoms. The van der Waals surface area contributed by atoms with Crippen molar-refractivity contribution >= 4 is 22.0 Å². The predicted octanol–water partition coefficient (Wildman–Crippen LogP) is 2.13. The molecule has 0 bridgehead atoms. The highest BCUT2D eigenvalue weighted by atomic mass is 32.2. The number of anilines is 1. The molecule has 0 aliphatic heterocycles. The molecule has 0 saturated heterocycles. The van der Waals surface area contributed by atoms with Crippen molar-refractivity contribution in [2.75, 3.05) is 4.72 Å². The molecule has 3 rings (SSSR count). The van der Waals surface area contributed by atoms with Crippen LogP contribution in [-0.2, 0) is 16.6 Å². The summed E-state index contributed by atoms with van der Waals surface area (Å²) in [6.07, 6.45) is 4.64. The Bertz CT molecular complexity index is 921. The molecule has 0 aliphatic carbocycles. The van der Waals surface area contributed by atoms with Crippen molar-refractivity contribution in [3.63, 3.8) is 0 Å². The lowest BCUT2D eigenvalue weighted by molar-refractivity contribution is 0.609. The van der Waals surface area contributed by atoms with E-state index in [1.807, 2.05) is 48.5 Å². The van der Waals surface area contributed by atoms with E-state index in [1.165, 1.54) is 17.1 Å². The SMILES string of the molecule is O=S(=O)(/C=C/c1ccccc1)Nc1ncn(Cc2ccccn2)n1. The molecule has 0 fully saturated rings. The molecule has 122 valence electrons. The summed E-state index contributed by atoms with van der Waals surface area (Å²) in [4.78, 5) is 8.13. The highest BCUT2D eigenvalue weighted by molar-refractivity contribution is 7.95. The van der Waals surface area contributed by atoms with Crippen molar-refractivity contribution in [2.24, 2.45) is 0 Å². The monoisotopic (exact) mass is 341 g/mol. The molecule has 0 radical (unpaired) electrons. The number of pyridine rings is 1. The van der Waals surface area contributed by atoms with Crippen LogP contribution in [0.25, 0.3) is 6.08 Å². The van der Waals surface area contributed by atoms with Crippen molar-refractivity contribution in [1.29, 1.82) is 0 Å². The standard InChI is InChI=1S/C16H15N5O2S/c22-24(23,11-9-14-6-2-1-3-7-14)20-16-18-13-21(19-16)12-15-8-4-5-10-17-15/h1-11,13H,12H2,(H,19,20)/b11-9+. The molecule has 2 aromatic heterocycles. The number of hydrogen-bond acceptors (Lipinski definition) is 5. The fourth-order valence-electron chi connectivity index (χ4n) is 1.97. The third-order valence-electron chi connectivity index (χ3n) is 3.06. The van der Waals surface area contributed by atoms with Crippen molar-refractivity contribution < 1.29 is 8.42 Å². The van der Waals surface area contributed by atoms with Gasteiger partial charge >= 0.3 is 0 Å². The summed E-state index contributed by atoms with van der Waals surface area (Å²) in [5, 5.41) is 5.17. The van der Waals surface area contributed by atoms with Crippen LogP contribution in [-0.4, -0.2) is 28.2 Å². The molecular weight excluding hydrogens is 326 g/mol. The van der Waals surface area contributed by atoms with Gasteiger partial charge in [0.25, 0.3) is 16.0 Å². The van der Waals surface area contributed by atoms with Crippen LogP contribution in [0.2, 0.25) is 0 Å². The Morgan fingerprint density at radius 2 is 1.83 bits per heavy atom. The Morgan fingerprint density at radius 1 is 1.04 bits per heavy atom. The van der Waals surface area contributed by atoms with Crippen LogP contribution in [0.15, 0.2) is 66.5 Å². The minimum atomic E-state index is -3.68. The van der Waals surface area contributed by atoms with Gasteiger partial charge in [-0.1, -0.05) is 36.4 Å². The van der Waals surface area contributed by atoms with E-state index in [9.17, 15) is 8.42 Å². The lowest BCUT2D eigenvalue weighted by atomic mass is 10.2. The highest BCUT2D eigenvalue weighted by Gasteiger charge is 2.10. The number of nitrogens with one attached hydrogen (secondary N) is 1. The van der Waals surface area contributed by atoms with Gasteiger partial charge in [0.2, 0.25) is 0 Å². The molecule has 2 heterocycles. The predicted molar refractivity (Wildman–Crippen MR) is 91.4 cm³/mol. The van der Waals surface area contributed by atoms with E-state index in [0.717, 1.165) is 16.7 Å². The van der Waals surface area contributed by atoms with Crippen LogP contribution >= 0.6 is 0 Å². The molecule has 3 aromatic rings. The quantitative estimate of drug-likeness (QED) is 0.742. The zero-order valence-electron chi connectivity index (χ0n) is 12.6. The summed E-state index contributed by atoms with van der Waals surface area (Å²) in [5.41, 5.74) is 1.59. The molecule has 0 aliphatic rings. The van der Waals surface area contributed by atoms with Crippen LogP contribution in [0, 0.1) is 0 Å². The van der Waals surface area contributed by atoms with Crippen LogP contribution in [0.5, 0.6) is 0 Å². The van der Waals surface area contributed by atoms with E-state index in [2.05, 4.69) is 19.8 Å². The topological polar surface area (TPSA) is 89.8 Å². The summed E-state index contributed by atoms with van der Waals surface area (Å²) in [5.74, 6) is 0.0173. The minimum Gasteiger partial charge on any atom is -0.259 e. The van der Waals surface area contributed by atoms with Crippen LogP contribution in [0.3, 0.4) is 0 Å². The third-order valence-corrected chi connectivity index (χ3v) is 4.02. The summed E-state index contributed by atoms with van der Waals surface area (Å²) in [6, 6.07) is 14.7. The normalized spacial score (nSPS) is 11.7. The number of benzene rings is 1. The Balaban J connectivity index is 1.66. The first-order valence-electron chi connectivity index (χ1n) is 7.16. The fourth-order valence-corrected chi connectivity index (χ4v) is 2.72. The molecule has 0 amide bonds. The summed E-state index contributed by atoms with van der Waals surface area (Å²) < 4.78 is 27.9. The van der Waals surface area contributed by atoms with Crippen LogP contribution in [0.4, 0.5) is 5.95 Å². The number of hydrogen-bond donors (Lipinski definition) is 1. The number of aromatic nitrogens is 4. The first-order valence-corrected chi connectivity index (χ1v) is 8.71. The van der Waals surface area contributed by atoms with Crippen molar-refractivity contribution in [2.45, 2.75) is 6.54 Å². The maximum Gasteiger partial charge on any atom is 0.257 e. The number of sulfonamides is 1. The van der Waals surface area contributed by atoms with Gasteiger partial charge in [0.1, 0.15) is 6.33 Å². The van der Waals surface area contributed by atoms with Gasteiger partial charge in [0.05, 0.1) is 17.6 Å². The van der Waals surface area contributed by atoms with Gasteiger partial charge in [-0.3, -0.25) is 4.98 Å². The molecule has 0 atom stereocenters. The molecule has 1 N–H and O–H groups in total. The average Bonchev–Trinajstić information content (AvgIpc) is 3.01. The third kappa shape index (κ3) is 4.50. The zero-order valence-corrected chi connectivity index (χ0v) is 13.5. The van der Waals surface area contributed by atoms with Gasteiger partial charge in [-0.15, -0.1) is 5.10 Å². The largest absolute Gasteiger partial charge is 0.259 e. The maximum atomic E-state index is 12.0. The van der Waals surface area contributed by atoms with E-state index < -0.39 is 10.0 Å². The molecule has 7 nitrogen and oxygen atoms in total. The fraction of sp³-hybridized carbons (Fsp3) is 0.0625. The van der Waals surface area contributed by atoms with Gasteiger partial charge in [0, 0.05) is 6.20 Å². The average molecular weight is 341 g/mol. The van der Waals surface area contributed by atoms with Gasteiger partial charge in [-0.05, 0) is 23.8 Å². The zero-order chi connectivity index (χ0) is 16.8. The lowest BCUT2D eigenvalue weighted by Crippen LogP contribution is -2.11. The molecule has 24 heavy (non-hydrogen) atoms. The second-order valence-corrected chi connectivity index (χ2v) is 6.51. The second kappa shape index (κ2) is 7.05. The molecule has 1 aromatic carbocycles. The minimum absolute atomic E-state index is 0.0173. The smallest absolute Gasteiger partial charge is 0.257 e. The van der Waals surface area contributed by atoms with Gasteiger partial charge in [-0.25, -0.2) is 17.8 Å². The van der Waals surface area contributed by atoms with Gasteiger partial charge in [-0.2, -0.15) is 4.98 Å². The highest BCUT2D eigenvalue weighted by Crippen LogP contribution is 2.07. The van der Waals surface area contributed by atoms with Crippen molar-refractivity contribution in [3.8, 4) is 0 Å². The lowest BCUT2D eigenvalue weighted by Gasteiger charge is -2.00. The molecule has 8 heteroatoms. The summed E-state index contributed by atoms with van der Waals surface area (Å²) >= 11 is 0. The van der Waals surface area contributed by atoms with Crippen molar-refractivity contribution in [3.05, 3.63) is 77.7 Å². The first-order chi connectivity index (χ1) is 11.6. The molecule has 0 unspecified atom stereocenters. The Morgan fingerprint density at radius 3 is 2.58 bits per heavy atom. The summed E-state index contributed by atoms with van der Waals surface area (Å²) in [6.45, 7) is 0.412. The Labute approximate surface area is 139 Å².